The highest BCUT2D eigenvalue weighted by molar-refractivity contribution is 7.71. The first-order chi connectivity index (χ1) is 9.84. The van der Waals surface area contributed by atoms with Crippen molar-refractivity contribution in [3.8, 4) is 11.5 Å². The van der Waals surface area contributed by atoms with Crippen LogP contribution in [0.5, 0.6) is 0 Å². The van der Waals surface area contributed by atoms with E-state index in [0.29, 0.717) is 16.3 Å². The van der Waals surface area contributed by atoms with E-state index in [4.69, 9.17) is 12.2 Å². The third kappa shape index (κ3) is 2.52. The second-order valence-electron chi connectivity index (χ2n) is 3.88. The Morgan fingerprint density at radius 2 is 1.90 bits per heavy atom. The van der Waals surface area contributed by atoms with Crippen molar-refractivity contribution in [2.24, 2.45) is 5.10 Å². The third-order valence-electron chi connectivity index (χ3n) is 2.54. The van der Waals surface area contributed by atoms with E-state index in [1.165, 1.54) is 4.68 Å². The highest BCUT2D eigenvalue weighted by Crippen LogP contribution is 2.13. The summed E-state index contributed by atoms with van der Waals surface area (Å²) in [5.41, 5.74) is 1.43. The normalized spacial score (nSPS) is 11.0. The minimum absolute atomic E-state index is 0.401. The molecular weight excluding hydrogens is 272 g/mol. The zero-order chi connectivity index (χ0) is 13.8. The van der Waals surface area contributed by atoms with Crippen LogP contribution in [0, 0.1) is 4.77 Å². The molecule has 0 aromatic carbocycles. The van der Waals surface area contributed by atoms with Gasteiger partial charge in [0.15, 0.2) is 0 Å². The molecule has 0 unspecified atom stereocenters. The molecule has 0 aliphatic rings. The number of nitrogens with zero attached hydrogens (tertiary/aromatic N) is 5. The van der Waals surface area contributed by atoms with Crippen LogP contribution in [0.2, 0.25) is 0 Å². The van der Waals surface area contributed by atoms with E-state index in [1.807, 2.05) is 36.4 Å². The second kappa shape index (κ2) is 5.54. The van der Waals surface area contributed by atoms with E-state index in [1.54, 1.807) is 18.6 Å². The zero-order valence-corrected chi connectivity index (χ0v) is 11.2. The van der Waals surface area contributed by atoms with Crippen molar-refractivity contribution in [3.63, 3.8) is 0 Å². The van der Waals surface area contributed by atoms with E-state index in [0.717, 1.165) is 5.69 Å². The predicted octanol–water partition coefficient (Wildman–Crippen LogP) is 2.28. The van der Waals surface area contributed by atoms with Gasteiger partial charge in [-0.2, -0.15) is 14.9 Å². The molecule has 3 heterocycles. The smallest absolute Gasteiger partial charge is 0.216 e. The van der Waals surface area contributed by atoms with Crippen LogP contribution in [0.15, 0.2) is 53.9 Å². The van der Waals surface area contributed by atoms with Crippen LogP contribution in [0.4, 0.5) is 0 Å². The highest BCUT2D eigenvalue weighted by Gasteiger charge is 2.08. The Hall–Kier alpha value is -2.67. The number of nitrogens with one attached hydrogen (secondary N) is 1. The van der Waals surface area contributed by atoms with Gasteiger partial charge in [0.25, 0.3) is 0 Å². The zero-order valence-electron chi connectivity index (χ0n) is 10.3. The van der Waals surface area contributed by atoms with Crippen molar-refractivity contribution in [1.82, 2.24) is 24.8 Å². The van der Waals surface area contributed by atoms with Crippen molar-refractivity contribution in [3.05, 3.63) is 59.3 Å². The van der Waals surface area contributed by atoms with Crippen LogP contribution in [-0.4, -0.2) is 31.1 Å². The van der Waals surface area contributed by atoms with E-state index in [2.05, 4.69) is 25.3 Å². The van der Waals surface area contributed by atoms with Gasteiger partial charge >= 0.3 is 0 Å². The topological polar surface area (TPSA) is 71.8 Å². The molecule has 0 radical (unpaired) electrons. The fourth-order valence-corrected chi connectivity index (χ4v) is 1.81. The first-order valence-corrected chi connectivity index (χ1v) is 6.29. The van der Waals surface area contributed by atoms with Gasteiger partial charge in [0, 0.05) is 12.4 Å². The lowest BCUT2D eigenvalue weighted by Crippen LogP contribution is -1.97. The lowest BCUT2D eigenvalue weighted by Gasteiger charge is -1.99. The van der Waals surface area contributed by atoms with Gasteiger partial charge in [0.2, 0.25) is 10.6 Å². The minimum atomic E-state index is 0.401. The molecule has 98 valence electrons. The number of rotatable bonds is 3. The predicted molar refractivity (Wildman–Crippen MR) is 77.9 cm³/mol. The molecule has 7 heteroatoms. The first-order valence-electron chi connectivity index (χ1n) is 5.89. The minimum Gasteiger partial charge on any atom is -0.255 e. The summed E-state index contributed by atoms with van der Waals surface area (Å²) in [5.74, 6) is 0.558. The van der Waals surface area contributed by atoms with Crippen molar-refractivity contribution in [2.45, 2.75) is 0 Å². The largest absolute Gasteiger partial charge is 0.255 e. The van der Waals surface area contributed by atoms with Gasteiger partial charge in [-0.1, -0.05) is 12.1 Å². The Morgan fingerprint density at radius 1 is 1.10 bits per heavy atom. The van der Waals surface area contributed by atoms with Gasteiger partial charge in [-0.05, 0) is 36.5 Å². The molecule has 0 aliphatic carbocycles. The van der Waals surface area contributed by atoms with Crippen LogP contribution in [0.3, 0.4) is 0 Å². The highest BCUT2D eigenvalue weighted by atomic mass is 32.1. The Bertz CT molecular complexity index is 775. The van der Waals surface area contributed by atoms with Crippen LogP contribution in [-0.2, 0) is 0 Å². The average molecular weight is 282 g/mol. The van der Waals surface area contributed by atoms with E-state index in [-0.39, 0.29) is 0 Å². The maximum absolute atomic E-state index is 5.17. The van der Waals surface area contributed by atoms with Crippen LogP contribution < -0.4 is 0 Å². The average Bonchev–Trinajstić information content (AvgIpc) is 2.88. The number of hydrogen-bond acceptors (Lipinski definition) is 5. The lowest BCUT2D eigenvalue weighted by atomic mass is 10.3. The Kier molecular flexibility index (Phi) is 3.42. The summed E-state index contributed by atoms with van der Waals surface area (Å²) in [4.78, 5) is 8.41. The van der Waals surface area contributed by atoms with Gasteiger partial charge < -0.3 is 0 Å². The maximum Gasteiger partial charge on any atom is 0.216 e. The van der Waals surface area contributed by atoms with Crippen molar-refractivity contribution >= 4 is 18.4 Å². The fourth-order valence-electron chi connectivity index (χ4n) is 1.63. The van der Waals surface area contributed by atoms with Crippen molar-refractivity contribution in [2.75, 3.05) is 0 Å². The van der Waals surface area contributed by atoms with E-state index in [9.17, 15) is 0 Å². The third-order valence-corrected chi connectivity index (χ3v) is 2.80. The van der Waals surface area contributed by atoms with E-state index < -0.39 is 0 Å². The molecule has 20 heavy (non-hydrogen) atoms. The molecular formula is C13H10N6S. The van der Waals surface area contributed by atoms with Gasteiger partial charge in [-0.3, -0.25) is 9.97 Å². The quantitative estimate of drug-likeness (QED) is 0.591. The summed E-state index contributed by atoms with van der Waals surface area (Å²) >= 11 is 5.17. The molecule has 0 spiro atoms. The van der Waals surface area contributed by atoms with Crippen LogP contribution >= 0.6 is 12.2 Å². The standard InChI is InChI=1S/C13H10N6S/c20-13-18-17-12(11-6-2-4-8-15-11)19(13)16-9-10-5-1-3-7-14-10/h1-9H,(H,18,20)/b16-9-. The summed E-state index contributed by atoms with van der Waals surface area (Å²) in [6, 6.07) is 11.2. The summed E-state index contributed by atoms with van der Waals surface area (Å²) < 4.78 is 1.92. The molecule has 0 bridgehead atoms. The monoisotopic (exact) mass is 282 g/mol. The summed E-state index contributed by atoms with van der Waals surface area (Å²) in [5, 5.41) is 11.2. The van der Waals surface area contributed by atoms with Crippen molar-refractivity contribution < 1.29 is 0 Å². The number of H-pyrrole nitrogens is 1. The van der Waals surface area contributed by atoms with Gasteiger partial charge in [0.05, 0.1) is 11.9 Å². The SMILES string of the molecule is S=c1[nH]nc(-c2ccccn2)n1/N=C\c1ccccn1. The van der Waals surface area contributed by atoms with E-state index >= 15 is 0 Å². The molecule has 6 nitrogen and oxygen atoms in total. The summed E-state index contributed by atoms with van der Waals surface area (Å²) in [6.45, 7) is 0. The Morgan fingerprint density at radius 3 is 2.60 bits per heavy atom. The molecule has 3 rings (SSSR count). The second-order valence-corrected chi connectivity index (χ2v) is 4.27. The van der Waals surface area contributed by atoms with Crippen molar-refractivity contribution in [1.29, 1.82) is 0 Å². The van der Waals surface area contributed by atoms with Gasteiger partial charge in [-0.25, -0.2) is 5.10 Å². The molecule has 0 saturated carbocycles. The van der Waals surface area contributed by atoms with Crippen LogP contribution in [0.1, 0.15) is 5.69 Å². The number of pyridine rings is 2. The molecule has 3 aromatic rings. The molecule has 0 saturated heterocycles. The number of aromatic nitrogens is 5. The summed E-state index contributed by atoms with van der Waals surface area (Å²) in [7, 11) is 0. The Labute approximate surface area is 119 Å². The number of aromatic amines is 1. The molecule has 0 fully saturated rings. The fraction of sp³-hybridized carbons (Fsp3) is 0. The molecule has 0 atom stereocenters. The Balaban J connectivity index is 2.01. The molecule has 1 N–H and O–H groups in total. The van der Waals surface area contributed by atoms with Gasteiger partial charge in [0.1, 0.15) is 5.69 Å². The van der Waals surface area contributed by atoms with Crippen LogP contribution in [0.25, 0.3) is 11.5 Å². The van der Waals surface area contributed by atoms with Gasteiger partial charge in [-0.15, -0.1) is 0 Å². The lowest BCUT2D eigenvalue weighted by molar-refractivity contribution is 0.866. The molecule has 0 amide bonds. The first kappa shape index (κ1) is 12.4. The molecule has 0 aliphatic heterocycles. The number of hydrogen-bond donors (Lipinski definition) is 1. The molecule has 3 aromatic heterocycles. The maximum atomic E-state index is 5.17. The summed E-state index contributed by atoms with van der Waals surface area (Å²) in [6.07, 6.45) is 5.02.